The molecule has 0 radical (unpaired) electrons. The Morgan fingerprint density at radius 1 is 1.14 bits per heavy atom. The molecule has 2 aromatic rings. The van der Waals surface area contributed by atoms with Crippen LogP contribution in [0.5, 0.6) is 0 Å². The summed E-state index contributed by atoms with van der Waals surface area (Å²) < 4.78 is 18.9. The molecule has 1 aliphatic heterocycles. The highest BCUT2D eigenvalue weighted by Gasteiger charge is 2.35. The van der Waals surface area contributed by atoms with E-state index in [9.17, 15) is 23.9 Å². The second kappa shape index (κ2) is 13.7. The molecule has 0 saturated carbocycles. The normalized spacial score (nSPS) is 18.9. The Kier molecular flexibility index (Phi) is 10.4. The molecule has 0 aromatic heterocycles. The minimum Gasteiger partial charge on any atom is -0.480 e. The molecule has 1 saturated heterocycles. The van der Waals surface area contributed by atoms with E-state index in [1.807, 2.05) is 37.3 Å². The van der Waals surface area contributed by atoms with E-state index in [2.05, 4.69) is 5.32 Å². The van der Waals surface area contributed by atoms with Gasteiger partial charge in [0.05, 0.1) is 12.6 Å². The molecule has 1 amide bonds. The summed E-state index contributed by atoms with van der Waals surface area (Å²) in [4.78, 5) is 39.2. The Labute approximate surface area is 211 Å². The van der Waals surface area contributed by atoms with Crippen LogP contribution in [0.2, 0.25) is 0 Å². The van der Waals surface area contributed by atoms with Crippen LogP contribution in [0.3, 0.4) is 0 Å². The first kappa shape index (κ1) is 27.3. The number of carbonyl (C=O) groups excluding carboxylic acids is 2. The van der Waals surface area contributed by atoms with Crippen LogP contribution in [-0.2, 0) is 25.5 Å². The fourth-order valence-corrected chi connectivity index (χ4v) is 4.51. The predicted octanol–water partition coefficient (Wildman–Crippen LogP) is 3.92. The van der Waals surface area contributed by atoms with Gasteiger partial charge >= 0.3 is 11.9 Å². The maximum absolute atomic E-state index is 13.4. The van der Waals surface area contributed by atoms with Crippen molar-refractivity contribution >= 4 is 17.8 Å². The molecule has 1 aliphatic rings. The van der Waals surface area contributed by atoms with Gasteiger partial charge in [-0.2, -0.15) is 0 Å². The van der Waals surface area contributed by atoms with Crippen molar-refractivity contribution in [2.75, 3.05) is 19.7 Å². The lowest BCUT2D eigenvalue weighted by molar-refractivity contribution is -0.148. The Morgan fingerprint density at radius 3 is 2.53 bits per heavy atom. The summed E-state index contributed by atoms with van der Waals surface area (Å²) in [6, 6.07) is 14.4. The maximum Gasteiger partial charge on any atom is 0.323 e. The molecule has 2 N–H and O–H groups in total. The van der Waals surface area contributed by atoms with Gasteiger partial charge in [-0.3, -0.25) is 19.7 Å². The van der Waals surface area contributed by atoms with Gasteiger partial charge in [-0.15, -0.1) is 0 Å². The fourth-order valence-electron chi connectivity index (χ4n) is 4.51. The van der Waals surface area contributed by atoms with Crippen molar-refractivity contribution in [2.24, 2.45) is 0 Å². The topological polar surface area (TPSA) is 95.9 Å². The Balaban J connectivity index is 1.77. The molecule has 2 aromatic carbocycles. The van der Waals surface area contributed by atoms with Crippen LogP contribution in [0.4, 0.5) is 4.39 Å². The van der Waals surface area contributed by atoms with Crippen molar-refractivity contribution in [1.82, 2.24) is 10.2 Å². The van der Waals surface area contributed by atoms with E-state index in [-0.39, 0.29) is 24.2 Å². The minimum atomic E-state index is -1.11. The van der Waals surface area contributed by atoms with E-state index in [1.54, 1.807) is 12.1 Å². The number of rotatable bonds is 12. The first-order valence-corrected chi connectivity index (χ1v) is 12.6. The molecule has 0 aliphatic carbocycles. The standard InChI is InChI=1S/C28H35FN2O5/c1-2-3-17-36-28(35)25(15-9-20-7-5-4-6-8-20)30-24-16-12-22(21-10-13-23(29)14-11-21)18-31(27(24)34)19-26(32)33/h4-8,10-11,13-14,22,24-25,30H,2-3,9,12,15-19H2,1H3,(H,32,33). The largest absolute Gasteiger partial charge is 0.480 e. The third-order valence-corrected chi connectivity index (χ3v) is 6.52. The van der Waals surface area contributed by atoms with Gasteiger partial charge in [-0.25, -0.2) is 4.39 Å². The van der Waals surface area contributed by atoms with Gasteiger partial charge in [0.15, 0.2) is 0 Å². The lowest BCUT2D eigenvalue weighted by Gasteiger charge is -2.27. The third kappa shape index (κ3) is 8.16. The molecule has 7 nitrogen and oxygen atoms in total. The first-order chi connectivity index (χ1) is 17.4. The van der Waals surface area contributed by atoms with Crippen molar-refractivity contribution in [2.45, 2.75) is 63.5 Å². The number of halogens is 1. The van der Waals surface area contributed by atoms with E-state index in [0.29, 0.717) is 32.3 Å². The maximum atomic E-state index is 13.4. The number of carboxylic acid groups (broad SMARTS) is 1. The van der Waals surface area contributed by atoms with E-state index >= 15 is 0 Å². The van der Waals surface area contributed by atoms with Crippen LogP contribution in [0, 0.1) is 5.82 Å². The lowest BCUT2D eigenvalue weighted by atomic mass is 9.93. The Hall–Kier alpha value is -3.26. The average molecular weight is 499 g/mol. The second-order valence-corrected chi connectivity index (χ2v) is 9.26. The van der Waals surface area contributed by atoms with Crippen LogP contribution in [0.25, 0.3) is 0 Å². The summed E-state index contributed by atoms with van der Waals surface area (Å²) in [5.41, 5.74) is 1.92. The highest BCUT2D eigenvalue weighted by Crippen LogP contribution is 2.28. The van der Waals surface area contributed by atoms with Crippen molar-refractivity contribution in [3.63, 3.8) is 0 Å². The highest BCUT2D eigenvalue weighted by atomic mass is 19.1. The summed E-state index contributed by atoms with van der Waals surface area (Å²) in [5, 5.41) is 12.6. The molecular formula is C28H35FN2O5. The van der Waals surface area contributed by atoms with Gasteiger partial charge in [-0.05, 0) is 55.4 Å². The van der Waals surface area contributed by atoms with E-state index < -0.39 is 30.6 Å². The molecule has 0 bridgehead atoms. The van der Waals surface area contributed by atoms with Crippen LogP contribution in [-0.4, -0.2) is 59.6 Å². The molecule has 3 rings (SSSR count). The number of hydrogen-bond donors (Lipinski definition) is 2. The number of amides is 1. The zero-order valence-corrected chi connectivity index (χ0v) is 20.7. The smallest absolute Gasteiger partial charge is 0.323 e. The van der Waals surface area contributed by atoms with E-state index in [1.165, 1.54) is 17.0 Å². The SMILES string of the molecule is CCCCOC(=O)C(CCc1ccccc1)NC1CCC(c2ccc(F)cc2)CN(CC(=O)O)C1=O. The third-order valence-electron chi connectivity index (χ3n) is 6.52. The minimum absolute atomic E-state index is 0.139. The fraction of sp³-hybridized carbons (Fsp3) is 0.464. The molecule has 0 spiro atoms. The number of carbonyl (C=O) groups is 3. The van der Waals surface area contributed by atoms with Gasteiger partial charge in [0.25, 0.3) is 0 Å². The number of carboxylic acids is 1. The number of aliphatic carboxylic acids is 1. The number of benzene rings is 2. The van der Waals surface area contributed by atoms with Crippen molar-refractivity contribution in [3.05, 3.63) is 71.5 Å². The molecule has 1 heterocycles. The highest BCUT2D eigenvalue weighted by molar-refractivity contribution is 5.86. The zero-order chi connectivity index (χ0) is 25.9. The van der Waals surface area contributed by atoms with E-state index in [0.717, 1.165) is 24.0 Å². The van der Waals surface area contributed by atoms with Gasteiger partial charge in [0.2, 0.25) is 5.91 Å². The van der Waals surface area contributed by atoms with Crippen molar-refractivity contribution < 1.29 is 28.6 Å². The number of nitrogens with zero attached hydrogens (tertiary/aromatic N) is 1. The quantitative estimate of drug-likeness (QED) is 0.340. The zero-order valence-electron chi connectivity index (χ0n) is 20.7. The van der Waals surface area contributed by atoms with Crippen molar-refractivity contribution in [3.8, 4) is 0 Å². The van der Waals surface area contributed by atoms with Crippen LogP contribution in [0.15, 0.2) is 54.6 Å². The number of hydrogen-bond acceptors (Lipinski definition) is 5. The van der Waals surface area contributed by atoms with Gasteiger partial charge in [-0.1, -0.05) is 55.8 Å². The van der Waals surface area contributed by atoms with E-state index in [4.69, 9.17) is 4.74 Å². The second-order valence-electron chi connectivity index (χ2n) is 9.26. The van der Waals surface area contributed by atoms with Crippen molar-refractivity contribution in [1.29, 1.82) is 0 Å². The summed E-state index contributed by atoms with van der Waals surface area (Å²) in [7, 11) is 0. The molecule has 194 valence electrons. The Bertz CT molecular complexity index is 999. The summed E-state index contributed by atoms with van der Waals surface area (Å²) >= 11 is 0. The lowest BCUT2D eigenvalue weighted by Crippen LogP contribution is -2.52. The number of aryl methyl sites for hydroxylation is 1. The van der Waals surface area contributed by atoms with Gasteiger partial charge < -0.3 is 14.7 Å². The number of nitrogens with one attached hydrogen (secondary N) is 1. The molecule has 3 unspecified atom stereocenters. The first-order valence-electron chi connectivity index (χ1n) is 12.6. The molecule has 1 fully saturated rings. The monoisotopic (exact) mass is 498 g/mol. The molecular weight excluding hydrogens is 463 g/mol. The summed E-state index contributed by atoms with van der Waals surface area (Å²) in [6.45, 7) is 2.10. The van der Waals surface area contributed by atoms with Crippen LogP contribution < -0.4 is 5.32 Å². The summed E-state index contributed by atoms with van der Waals surface area (Å²) in [6.07, 6.45) is 3.72. The molecule has 3 atom stereocenters. The van der Waals surface area contributed by atoms with Gasteiger partial charge in [0, 0.05) is 12.5 Å². The van der Waals surface area contributed by atoms with Crippen LogP contribution in [0.1, 0.15) is 56.1 Å². The molecule has 8 heteroatoms. The van der Waals surface area contributed by atoms with Crippen LogP contribution >= 0.6 is 0 Å². The predicted molar refractivity (Wildman–Crippen MR) is 134 cm³/mol. The summed E-state index contributed by atoms with van der Waals surface area (Å²) in [5.74, 6) is -2.36. The number of ether oxygens (including phenoxy) is 1. The Morgan fingerprint density at radius 2 is 1.86 bits per heavy atom. The number of likely N-dealkylation sites (tertiary alicyclic amines) is 1. The van der Waals surface area contributed by atoms with Gasteiger partial charge in [0.1, 0.15) is 18.4 Å². The molecule has 36 heavy (non-hydrogen) atoms. The number of esters is 1. The average Bonchev–Trinajstić information content (AvgIpc) is 3.01. The number of unbranched alkanes of at least 4 members (excludes halogenated alkanes) is 1.